The van der Waals surface area contributed by atoms with Gasteiger partial charge in [-0.2, -0.15) is 0 Å². The molecule has 3 fully saturated rings. The minimum absolute atomic E-state index is 0.515. The largest absolute Gasteiger partial charge is 0.394 e. The Morgan fingerprint density at radius 3 is 1.40 bits per heavy atom. The van der Waals surface area contributed by atoms with Crippen LogP contribution in [0.4, 0.5) is 0 Å². The number of nitrogens with two attached hydrogens (primary N) is 3. The zero-order chi connectivity index (χ0) is 26.0. The van der Waals surface area contributed by atoms with E-state index in [2.05, 4.69) is 0 Å². The van der Waals surface area contributed by atoms with Gasteiger partial charge in [0.25, 0.3) is 0 Å². The molecule has 0 radical (unpaired) electrons. The van der Waals surface area contributed by atoms with Gasteiger partial charge in [0.15, 0.2) is 18.9 Å². The number of hydrogen-bond donors (Lipinski definition) is 10. The molecule has 16 nitrogen and oxygen atoms in total. The van der Waals surface area contributed by atoms with Gasteiger partial charge >= 0.3 is 0 Å². The van der Waals surface area contributed by atoms with Crippen LogP contribution in [0.3, 0.4) is 0 Å². The first kappa shape index (κ1) is 28.9. The number of methoxy groups -OCH3 is 1. The molecule has 0 aliphatic carbocycles. The number of aliphatic hydroxyl groups is 7. The van der Waals surface area contributed by atoms with Gasteiger partial charge in [-0.05, 0) is 0 Å². The molecule has 206 valence electrons. The number of rotatable bonds is 8. The molecule has 3 saturated heterocycles. The molecule has 3 aliphatic heterocycles. The summed E-state index contributed by atoms with van der Waals surface area (Å²) in [4.78, 5) is 0. The Kier molecular flexibility index (Phi) is 10.1. The molecule has 0 aromatic carbocycles. The zero-order valence-electron chi connectivity index (χ0n) is 19.1. The monoisotopic (exact) mass is 515 g/mol. The summed E-state index contributed by atoms with van der Waals surface area (Å²) in [5, 5.41) is 70.5. The van der Waals surface area contributed by atoms with Crippen LogP contribution in [0.15, 0.2) is 0 Å². The van der Waals surface area contributed by atoms with E-state index in [4.69, 9.17) is 45.6 Å². The summed E-state index contributed by atoms with van der Waals surface area (Å²) in [7, 11) is 1.32. The second-order valence-corrected chi connectivity index (χ2v) is 8.80. The van der Waals surface area contributed by atoms with Crippen molar-refractivity contribution in [2.75, 3.05) is 26.9 Å². The zero-order valence-corrected chi connectivity index (χ0v) is 19.1. The minimum atomic E-state index is -1.55. The topological polar surface area (TPSA) is 275 Å². The molecule has 0 aromatic rings. The molecule has 3 aliphatic rings. The van der Waals surface area contributed by atoms with Crippen LogP contribution >= 0.6 is 0 Å². The Labute approximate surface area is 201 Å². The summed E-state index contributed by atoms with van der Waals surface area (Å²) in [5.41, 5.74) is 17.8. The van der Waals surface area contributed by atoms with Crippen molar-refractivity contribution >= 4 is 0 Å². The third kappa shape index (κ3) is 5.78. The second kappa shape index (κ2) is 12.3. The molecule has 0 aromatic heterocycles. The van der Waals surface area contributed by atoms with Gasteiger partial charge in [-0.15, -0.1) is 0 Å². The fourth-order valence-electron chi connectivity index (χ4n) is 4.46. The maximum absolute atomic E-state index is 10.9. The molecule has 0 amide bonds. The van der Waals surface area contributed by atoms with Crippen molar-refractivity contribution in [3.8, 4) is 0 Å². The Morgan fingerprint density at radius 2 is 0.971 bits per heavy atom. The SMILES string of the molecule is CO[C@@H]1C(CO)O[C@@H](O[C@H]2C(O)C(N)[C@@H](O[C@@H]3C(CO)O[C@@H](O)[C@H](N)[C@H]3O)O[C@@H]2CO)[C@H](N)C1O. The Morgan fingerprint density at radius 1 is 0.600 bits per heavy atom. The first-order valence-electron chi connectivity index (χ1n) is 11.2. The Hall–Kier alpha value is -0.640. The van der Waals surface area contributed by atoms with Crippen molar-refractivity contribution in [2.24, 2.45) is 17.2 Å². The van der Waals surface area contributed by atoms with Gasteiger partial charge in [0.1, 0.15) is 54.9 Å². The van der Waals surface area contributed by atoms with Crippen LogP contribution < -0.4 is 17.2 Å². The summed E-state index contributed by atoms with van der Waals surface area (Å²) >= 11 is 0. The van der Waals surface area contributed by atoms with Crippen LogP contribution in [0.5, 0.6) is 0 Å². The number of hydrogen-bond acceptors (Lipinski definition) is 16. The lowest BCUT2D eigenvalue weighted by Gasteiger charge is -2.48. The summed E-state index contributed by atoms with van der Waals surface area (Å²) in [6.07, 6.45) is -15.5. The molecule has 0 saturated carbocycles. The second-order valence-electron chi connectivity index (χ2n) is 8.80. The standard InChI is InChI=1S/C19H37N3O13/c1-30-14-5(2-23)32-18(9(21)12(14)27)35-16-7(4-25)33-19(10(22)13(16)28)34-15-6(3-24)31-17(29)8(20)11(15)26/h5-19,23-29H,2-4,20-22H2,1H3/t5?,6?,7-,8-,9-,10?,11-,12?,13?,14-,15-,16-,17-,18+,19-/m1/s1. The molecule has 3 rings (SSSR count). The predicted octanol–water partition coefficient (Wildman–Crippen LogP) is -7.02. The predicted molar refractivity (Wildman–Crippen MR) is 112 cm³/mol. The lowest BCUT2D eigenvalue weighted by molar-refractivity contribution is -0.348. The van der Waals surface area contributed by atoms with Gasteiger partial charge in [-0.3, -0.25) is 0 Å². The van der Waals surface area contributed by atoms with Gasteiger partial charge in [-0.25, -0.2) is 0 Å². The van der Waals surface area contributed by atoms with E-state index in [-0.39, 0.29) is 0 Å². The fraction of sp³-hybridized carbons (Fsp3) is 1.00. The van der Waals surface area contributed by atoms with E-state index < -0.39 is 112 Å². The van der Waals surface area contributed by atoms with Crippen LogP contribution in [0, 0.1) is 0 Å². The molecular formula is C19H37N3O13. The van der Waals surface area contributed by atoms with Gasteiger partial charge in [0.2, 0.25) is 0 Å². The van der Waals surface area contributed by atoms with Gasteiger partial charge < -0.3 is 81.4 Å². The Bertz CT molecular complexity index is 661. The van der Waals surface area contributed by atoms with Crippen molar-refractivity contribution in [1.29, 1.82) is 0 Å². The minimum Gasteiger partial charge on any atom is -0.394 e. The lowest BCUT2D eigenvalue weighted by atomic mass is 9.94. The fourth-order valence-corrected chi connectivity index (χ4v) is 4.46. The molecule has 15 atom stereocenters. The van der Waals surface area contributed by atoms with E-state index in [1.54, 1.807) is 0 Å². The van der Waals surface area contributed by atoms with Crippen molar-refractivity contribution in [3.63, 3.8) is 0 Å². The van der Waals surface area contributed by atoms with Gasteiger partial charge in [-0.1, -0.05) is 0 Å². The van der Waals surface area contributed by atoms with Crippen LogP contribution in [0.25, 0.3) is 0 Å². The van der Waals surface area contributed by atoms with Crippen LogP contribution in [-0.2, 0) is 28.4 Å². The van der Waals surface area contributed by atoms with Crippen LogP contribution in [0.2, 0.25) is 0 Å². The van der Waals surface area contributed by atoms with Gasteiger partial charge in [0, 0.05) is 7.11 Å². The van der Waals surface area contributed by atoms with Crippen LogP contribution in [-0.4, -0.2) is 155 Å². The smallest absolute Gasteiger partial charge is 0.176 e. The van der Waals surface area contributed by atoms with Crippen LogP contribution in [0.1, 0.15) is 0 Å². The van der Waals surface area contributed by atoms with Crippen molar-refractivity contribution in [2.45, 2.75) is 91.9 Å². The van der Waals surface area contributed by atoms with E-state index >= 15 is 0 Å². The molecule has 35 heavy (non-hydrogen) atoms. The van der Waals surface area contributed by atoms with Crippen molar-refractivity contribution < 1.29 is 64.2 Å². The summed E-state index contributed by atoms with van der Waals surface area (Å²) < 4.78 is 33.0. The maximum atomic E-state index is 10.9. The first-order chi connectivity index (χ1) is 16.6. The van der Waals surface area contributed by atoms with E-state index in [1.165, 1.54) is 7.11 Å². The number of ether oxygens (including phenoxy) is 6. The highest BCUT2D eigenvalue weighted by molar-refractivity contribution is 4.98. The highest BCUT2D eigenvalue weighted by atomic mass is 16.7. The molecule has 0 spiro atoms. The molecular weight excluding hydrogens is 478 g/mol. The van der Waals surface area contributed by atoms with E-state index in [1.807, 2.05) is 0 Å². The molecule has 13 N–H and O–H groups in total. The van der Waals surface area contributed by atoms with Crippen molar-refractivity contribution in [1.82, 2.24) is 0 Å². The quantitative estimate of drug-likeness (QED) is 0.144. The van der Waals surface area contributed by atoms with E-state index in [0.29, 0.717) is 0 Å². The Balaban J connectivity index is 1.72. The highest BCUT2D eigenvalue weighted by Gasteiger charge is 2.52. The first-order valence-corrected chi connectivity index (χ1v) is 11.2. The third-order valence-corrected chi connectivity index (χ3v) is 6.58. The average molecular weight is 516 g/mol. The molecule has 5 unspecified atom stereocenters. The normalized spacial score (nSPS) is 51.3. The van der Waals surface area contributed by atoms with Crippen molar-refractivity contribution in [3.05, 3.63) is 0 Å². The molecule has 16 heteroatoms. The van der Waals surface area contributed by atoms with Gasteiger partial charge in [0.05, 0.1) is 37.9 Å². The number of aliphatic hydroxyl groups excluding tert-OH is 7. The summed E-state index contributed by atoms with van der Waals surface area (Å²) in [6, 6.07) is -3.71. The average Bonchev–Trinajstić information content (AvgIpc) is 2.85. The van der Waals surface area contributed by atoms with E-state index in [9.17, 15) is 35.7 Å². The summed E-state index contributed by atoms with van der Waals surface area (Å²) in [6.45, 7) is -1.83. The lowest BCUT2D eigenvalue weighted by Crippen LogP contribution is -2.69. The maximum Gasteiger partial charge on any atom is 0.176 e. The van der Waals surface area contributed by atoms with E-state index in [0.717, 1.165) is 0 Å². The molecule has 3 heterocycles. The summed E-state index contributed by atoms with van der Waals surface area (Å²) in [5.74, 6) is 0. The highest BCUT2D eigenvalue weighted by Crippen LogP contribution is 2.31. The third-order valence-electron chi connectivity index (χ3n) is 6.58. The molecule has 0 bridgehead atoms.